The minimum Gasteiger partial charge on any atom is -0.495 e. The Balaban J connectivity index is 1.49. The summed E-state index contributed by atoms with van der Waals surface area (Å²) in [5, 5.41) is 0. The fourth-order valence-corrected chi connectivity index (χ4v) is 5.60. The van der Waals surface area contributed by atoms with E-state index in [0.29, 0.717) is 37.4 Å². The van der Waals surface area contributed by atoms with Gasteiger partial charge in [0.25, 0.3) is 11.8 Å². The minimum absolute atomic E-state index is 0.184. The van der Waals surface area contributed by atoms with Gasteiger partial charge < -0.3 is 20.3 Å². The molecular weight excluding hydrogens is 384 g/mol. The van der Waals surface area contributed by atoms with Crippen LogP contribution in [0.15, 0.2) is 24.3 Å². The van der Waals surface area contributed by atoms with E-state index in [9.17, 15) is 14.4 Å². The van der Waals surface area contributed by atoms with E-state index >= 15 is 0 Å². The molecule has 0 bridgehead atoms. The van der Waals surface area contributed by atoms with Gasteiger partial charge in [0.05, 0.1) is 58.2 Å². The van der Waals surface area contributed by atoms with E-state index < -0.39 is 11.6 Å². The second kappa shape index (κ2) is 8.35. The molecule has 1 aromatic rings. The van der Waals surface area contributed by atoms with Crippen molar-refractivity contribution in [1.82, 2.24) is 0 Å². The molecule has 0 unspecified atom stereocenters. The number of rotatable bonds is 5. The first-order valence-electron chi connectivity index (χ1n) is 11.0. The van der Waals surface area contributed by atoms with E-state index in [-0.39, 0.29) is 24.1 Å². The Bertz CT molecular complexity index is 828. The fourth-order valence-electron chi connectivity index (χ4n) is 5.60. The molecule has 3 aliphatic rings. The molecule has 8 heteroatoms. The standard InChI is InChI=1S/C22H30N4O4/c1-30-18-8-4-3-7-16(18)26-19(27)15-17(20(26)28)24-13-9-22(10-14-24,21(23)29)25-11-5-2-6-12-25/h3-4,7-8,17H,2,5-6,9-15H2,1H3,(H2,23,29)/p+2/t17-/m1/s1. The summed E-state index contributed by atoms with van der Waals surface area (Å²) >= 11 is 0. The van der Waals surface area contributed by atoms with Gasteiger partial charge in [0.15, 0.2) is 11.6 Å². The van der Waals surface area contributed by atoms with E-state index in [0.717, 1.165) is 30.8 Å². The third-order valence-corrected chi connectivity index (χ3v) is 7.32. The summed E-state index contributed by atoms with van der Waals surface area (Å²) in [5.74, 6) is -0.0929. The van der Waals surface area contributed by atoms with Gasteiger partial charge in [-0.3, -0.25) is 14.4 Å². The van der Waals surface area contributed by atoms with Crippen molar-refractivity contribution in [2.45, 2.75) is 50.1 Å². The normalized spacial score (nSPS) is 30.5. The Hall–Kier alpha value is -2.45. The number of nitrogens with zero attached hydrogens (tertiary/aromatic N) is 1. The van der Waals surface area contributed by atoms with Crippen molar-refractivity contribution in [3.8, 4) is 5.75 Å². The van der Waals surface area contributed by atoms with Crippen LogP contribution in [0, 0.1) is 0 Å². The largest absolute Gasteiger partial charge is 0.495 e. The molecule has 162 valence electrons. The topological polar surface area (TPSA) is 98.6 Å². The molecule has 3 amide bonds. The number of quaternary nitrogens is 2. The molecular formula is C22H32N4O4+2. The predicted molar refractivity (Wildman–Crippen MR) is 110 cm³/mol. The van der Waals surface area contributed by atoms with Gasteiger partial charge in [0, 0.05) is 0 Å². The third kappa shape index (κ3) is 3.48. The van der Waals surface area contributed by atoms with Crippen molar-refractivity contribution in [1.29, 1.82) is 0 Å². The van der Waals surface area contributed by atoms with Crippen LogP contribution in [0.25, 0.3) is 0 Å². The average molecular weight is 417 g/mol. The summed E-state index contributed by atoms with van der Waals surface area (Å²) in [6.07, 6.45) is 4.99. The van der Waals surface area contributed by atoms with E-state index in [1.807, 2.05) is 6.07 Å². The van der Waals surface area contributed by atoms with Gasteiger partial charge in [-0.25, -0.2) is 4.90 Å². The molecule has 3 aliphatic heterocycles. The summed E-state index contributed by atoms with van der Waals surface area (Å²) < 4.78 is 5.35. The minimum atomic E-state index is -0.530. The highest BCUT2D eigenvalue weighted by atomic mass is 16.5. The van der Waals surface area contributed by atoms with Gasteiger partial charge in [-0.05, 0) is 31.4 Å². The number of carbonyl (C=O) groups is 3. The number of hydrogen-bond donors (Lipinski definition) is 3. The van der Waals surface area contributed by atoms with Crippen LogP contribution >= 0.6 is 0 Å². The molecule has 4 N–H and O–H groups in total. The highest BCUT2D eigenvalue weighted by Crippen LogP contribution is 2.31. The van der Waals surface area contributed by atoms with Crippen LogP contribution < -0.4 is 25.2 Å². The molecule has 0 radical (unpaired) electrons. The zero-order chi connectivity index (χ0) is 21.3. The van der Waals surface area contributed by atoms with Crippen LogP contribution in [0.4, 0.5) is 5.69 Å². The number of primary amides is 1. The number of ether oxygens (including phenoxy) is 1. The number of likely N-dealkylation sites (tertiary alicyclic amines) is 2. The van der Waals surface area contributed by atoms with Crippen molar-refractivity contribution in [3.63, 3.8) is 0 Å². The lowest BCUT2D eigenvalue weighted by Gasteiger charge is -2.44. The quantitative estimate of drug-likeness (QED) is 0.499. The molecule has 1 atom stereocenters. The Morgan fingerprint density at radius 1 is 1.10 bits per heavy atom. The summed E-state index contributed by atoms with van der Waals surface area (Å²) in [6, 6.07) is 6.68. The maximum Gasteiger partial charge on any atom is 0.292 e. The number of methoxy groups -OCH3 is 1. The number of nitrogens with one attached hydrogen (secondary N) is 2. The maximum atomic E-state index is 13.2. The number of nitrogens with two attached hydrogens (primary N) is 1. The van der Waals surface area contributed by atoms with Gasteiger partial charge in [0.2, 0.25) is 5.91 Å². The summed E-state index contributed by atoms with van der Waals surface area (Å²) in [7, 11) is 1.53. The zero-order valence-corrected chi connectivity index (χ0v) is 17.6. The van der Waals surface area contributed by atoms with Crippen LogP contribution in [0.5, 0.6) is 5.75 Å². The monoisotopic (exact) mass is 416 g/mol. The molecule has 3 saturated heterocycles. The second-order valence-corrected chi connectivity index (χ2v) is 8.76. The first-order valence-corrected chi connectivity index (χ1v) is 11.0. The van der Waals surface area contributed by atoms with E-state index in [2.05, 4.69) is 0 Å². The molecule has 3 fully saturated rings. The van der Waals surface area contributed by atoms with Crippen molar-refractivity contribution in [2.24, 2.45) is 5.73 Å². The zero-order valence-electron chi connectivity index (χ0n) is 17.6. The van der Waals surface area contributed by atoms with Crippen molar-refractivity contribution in [3.05, 3.63) is 24.3 Å². The third-order valence-electron chi connectivity index (χ3n) is 7.32. The number of amides is 3. The molecule has 0 spiro atoms. The number of imide groups is 1. The van der Waals surface area contributed by atoms with Gasteiger partial charge in [-0.2, -0.15) is 0 Å². The lowest BCUT2D eigenvalue weighted by Crippen LogP contribution is -3.27. The molecule has 3 heterocycles. The van der Waals surface area contributed by atoms with Crippen LogP contribution in [-0.2, 0) is 14.4 Å². The number of hydrogen-bond acceptors (Lipinski definition) is 4. The Morgan fingerprint density at radius 2 is 1.77 bits per heavy atom. The predicted octanol–water partition coefficient (Wildman–Crippen LogP) is -1.70. The van der Waals surface area contributed by atoms with Gasteiger partial charge in [-0.15, -0.1) is 0 Å². The Labute approximate surface area is 176 Å². The molecule has 1 aromatic carbocycles. The summed E-state index contributed by atoms with van der Waals surface area (Å²) in [5.41, 5.74) is 5.87. The van der Waals surface area contributed by atoms with Gasteiger partial charge >= 0.3 is 0 Å². The van der Waals surface area contributed by atoms with Crippen molar-refractivity contribution in [2.75, 3.05) is 38.2 Å². The second-order valence-electron chi connectivity index (χ2n) is 8.76. The van der Waals surface area contributed by atoms with Crippen molar-refractivity contribution >= 4 is 23.4 Å². The van der Waals surface area contributed by atoms with Gasteiger partial charge in [-0.1, -0.05) is 12.1 Å². The Kier molecular flexibility index (Phi) is 5.79. The van der Waals surface area contributed by atoms with Crippen LogP contribution in [0.1, 0.15) is 38.5 Å². The molecule has 8 nitrogen and oxygen atoms in total. The highest BCUT2D eigenvalue weighted by Gasteiger charge is 2.54. The number of benzene rings is 1. The lowest BCUT2D eigenvalue weighted by atomic mass is 9.83. The number of piperidine rings is 2. The summed E-state index contributed by atoms with van der Waals surface area (Å²) in [6.45, 7) is 3.33. The maximum absolute atomic E-state index is 13.2. The number of anilines is 1. The fraction of sp³-hybridized carbons (Fsp3) is 0.591. The molecule has 0 aromatic heterocycles. The number of carbonyl (C=O) groups excluding carboxylic acids is 3. The summed E-state index contributed by atoms with van der Waals surface area (Å²) in [4.78, 5) is 42.1. The molecule has 4 rings (SSSR count). The SMILES string of the molecule is COc1ccccc1N1C(=O)C[C@@H]([NH+]2CCC(C(N)=O)([NH+]3CCCCC3)CC2)C1=O. The van der Waals surface area contributed by atoms with E-state index in [4.69, 9.17) is 10.5 Å². The van der Waals surface area contributed by atoms with E-state index in [1.165, 1.54) is 23.3 Å². The van der Waals surface area contributed by atoms with Crippen LogP contribution in [-0.4, -0.2) is 62.6 Å². The molecule has 0 aliphatic carbocycles. The highest BCUT2D eigenvalue weighted by molar-refractivity contribution is 6.22. The molecule has 30 heavy (non-hydrogen) atoms. The lowest BCUT2D eigenvalue weighted by molar-refractivity contribution is -0.978. The molecule has 0 saturated carbocycles. The van der Waals surface area contributed by atoms with Crippen LogP contribution in [0.3, 0.4) is 0 Å². The average Bonchev–Trinajstić information content (AvgIpc) is 3.08. The van der Waals surface area contributed by atoms with E-state index in [1.54, 1.807) is 18.2 Å². The smallest absolute Gasteiger partial charge is 0.292 e. The Morgan fingerprint density at radius 3 is 2.40 bits per heavy atom. The van der Waals surface area contributed by atoms with Gasteiger partial charge in [0.1, 0.15) is 5.75 Å². The van der Waals surface area contributed by atoms with Crippen LogP contribution in [0.2, 0.25) is 0 Å². The van der Waals surface area contributed by atoms with Crippen molar-refractivity contribution < 1.29 is 28.9 Å². The number of para-hydroxylation sites is 2. The first kappa shape index (κ1) is 20.8. The first-order chi connectivity index (χ1) is 14.5.